The van der Waals surface area contributed by atoms with Gasteiger partial charge in [-0.25, -0.2) is 9.97 Å². The van der Waals surface area contributed by atoms with E-state index in [1.54, 1.807) is 0 Å². The van der Waals surface area contributed by atoms with Crippen LogP contribution in [0.25, 0.3) is 11.1 Å². The summed E-state index contributed by atoms with van der Waals surface area (Å²) in [4.78, 5) is 8.40. The molecule has 0 saturated carbocycles. The molecule has 2 aliphatic rings. The molecule has 0 radical (unpaired) electrons. The molecule has 1 aromatic heterocycles. The van der Waals surface area contributed by atoms with E-state index in [1.165, 1.54) is 0 Å². The number of fused-ring (bicyclic) bond motifs is 3. The molecule has 0 amide bonds. The van der Waals surface area contributed by atoms with E-state index < -0.39 is 0 Å². The molecule has 1 heterocycles. The Bertz CT molecular complexity index is 948. The Balaban J connectivity index is 2.44. The van der Waals surface area contributed by atoms with Gasteiger partial charge in [-0.15, -0.1) is 0 Å². The van der Waals surface area contributed by atoms with Crippen LogP contribution >= 0.6 is 0 Å². The van der Waals surface area contributed by atoms with Crippen LogP contribution in [0.4, 0.5) is 0 Å². The van der Waals surface area contributed by atoms with Crippen LogP contribution in [0.5, 0.6) is 0 Å². The highest BCUT2D eigenvalue weighted by atomic mass is 14.9. The normalized spacial score (nSPS) is 14.3. The van der Waals surface area contributed by atoms with Crippen LogP contribution in [0.1, 0.15) is 35.6 Å². The van der Waals surface area contributed by atoms with Crippen molar-refractivity contribution in [3.05, 3.63) is 46.1 Å². The largest absolute Gasteiger partial charge is 0.232 e. The fraction of sp³-hybridized carbons (Fsp3) is 0.125. The van der Waals surface area contributed by atoms with E-state index in [-0.39, 0.29) is 17.0 Å². The minimum atomic E-state index is -0.103. The van der Waals surface area contributed by atoms with Gasteiger partial charge in [0.2, 0.25) is 0 Å². The maximum absolute atomic E-state index is 9.19. The smallest absolute Gasteiger partial charge is 0.177 e. The third-order valence-corrected chi connectivity index (χ3v) is 3.50. The van der Waals surface area contributed by atoms with E-state index in [9.17, 15) is 10.5 Å². The summed E-state index contributed by atoms with van der Waals surface area (Å²) >= 11 is 0. The summed E-state index contributed by atoms with van der Waals surface area (Å²) < 4.78 is 0. The van der Waals surface area contributed by atoms with Gasteiger partial charge in [-0.2, -0.15) is 21.0 Å². The molecule has 0 fully saturated rings. The molecule has 0 bridgehead atoms. The molecule has 6 heteroatoms. The van der Waals surface area contributed by atoms with Gasteiger partial charge in [0.25, 0.3) is 0 Å². The molecule has 0 aliphatic heterocycles. The van der Waals surface area contributed by atoms with Crippen molar-refractivity contribution in [3.8, 4) is 24.3 Å². The van der Waals surface area contributed by atoms with Crippen molar-refractivity contribution in [1.82, 2.24) is 9.97 Å². The average Bonchev–Trinajstić information content (AvgIpc) is 2.89. The predicted octanol–water partition coefficient (Wildman–Crippen LogP) is 2.14. The van der Waals surface area contributed by atoms with E-state index in [4.69, 9.17) is 10.5 Å². The lowest BCUT2D eigenvalue weighted by atomic mass is 9.95. The van der Waals surface area contributed by atoms with Gasteiger partial charge in [-0.3, -0.25) is 0 Å². The number of aromatic nitrogens is 2. The molecule has 0 spiro atoms. The third-order valence-electron chi connectivity index (χ3n) is 3.50. The Kier molecular flexibility index (Phi) is 3.00. The van der Waals surface area contributed by atoms with Crippen molar-refractivity contribution < 1.29 is 0 Å². The lowest BCUT2D eigenvalue weighted by Gasteiger charge is -2.07. The quantitative estimate of drug-likeness (QED) is 0.672. The summed E-state index contributed by atoms with van der Waals surface area (Å²) in [6.07, 6.45) is 5.48. The van der Waals surface area contributed by atoms with Crippen molar-refractivity contribution in [2.75, 3.05) is 0 Å². The summed E-state index contributed by atoms with van der Waals surface area (Å²) in [5, 5.41) is 36.6. The van der Waals surface area contributed by atoms with Crippen molar-refractivity contribution in [2.24, 2.45) is 0 Å². The minimum absolute atomic E-state index is 0.0520. The molecular formula is C16H6N6. The molecule has 0 unspecified atom stereocenters. The number of hydrogen-bond acceptors (Lipinski definition) is 6. The molecular weight excluding hydrogens is 276 g/mol. The van der Waals surface area contributed by atoms with Gasteiger partial charge in [0.1, 0.15) is 35.5 Å². The maximum Gasteiger partial charge on any atom is 0.177 e. The van der Waals surface area contributed by atoms with Crippen molar-refractivity contribution in [3.63, 3.8) is 0 Å². The fourth-order valence-electron chi connectivity index (χ4n) is 2.61. The first-order valence-corrected chi connectivity index (χ1v) is 6.43. The van der Waals surface area contributed by atoms with Crippen LogP contribution < -0.4 is 0 Å². The average molecular weight is 282 g/mol. The van der Waals surface area contributed by atoms with Crippen LogP contribution in [0.3, 0.4) is 0 Å². The zero-order chi connectivity index (χ0) is 15.7. The molecule has 0 atom stereocenters. The van der Waals surface area contributed by atoms with Gasteiger partial charge in [-0.05, 0) is 18.4 Å². The number of allylic oxidation sites excluding steroid dienone is 6. The first kappa shape index (κ1) is 13.3. The van der Waals surface area contributed by atoms with Crippen LogP contribution in [0.15, 0.2) is 23.3 Å². The second-order valence-electron chi connectivity index (χ2n) is 4.63. The number of rotatable bonds is 0. The van der Waals surface area contributed by atoms with Gasteiger partial charge < -0.3 is 0 Å². The summed E-state index contributed by atoms with van der Waals surface area (Å²) in [6, 6.07) is 7.42. The van der Waals surface area contributed by atoms with Crippen molar-refractivity contribution in [1.29, 1.82) is 21.0 Å². The van der Waals surface area contributed by atoms with E-state index in [0.29, 0.717) is 17.0 Å². The Morgan fingerprint density at radius 1 is 0.818 bits per heavy atom. The lowest BCUT2D eigenvalue weighted by Crippen LogP contribution is -2.01. The Morgan fingerprint density at radius 2 is 1.36 bits per heavy atom. The summed E-state index contributed by atoms with van der Waals surface area (Å²) in [5.41, 5.74) is 2.47. The summed E-state index contributed by atoms with van der Waals surface area (Å²) in [7, 11) is 0. The van der Waals surface area contributed by atoms with Crippen molar-refractivity contribution >= 4 is 11.1 Å². The Hall–Kier alpha value is -3.74. The molecule has 0 aromatic carbocycles. The lowest BCUT2D eigenvalue weighted by molar-refractivity contribution is 1.03. The monoisotopic (exact) mass is 282 g/mol. The minimum Gasteiger partial charge on any atom is -0.232 e. The molecule has 22 heavy (non-hydrogen) atoms. The highest BCUT2D eigenvalue weighted by Crippen LogP contribution is 2.46. The predicted molar refractivity (Wildman–Crippen MR) is 74.9 cm³/mol. The number of hydrogen-bond donors (Lipinski definition) is 0. The highest BCUT2D eigenvalue weighted by Gasteiger charge is 2.34. The molecule has 0 saturated heterocycles. The van der Waals surface area contributed by atoms with Gasteiger partial charge in [0.15, 0.2) is 11.4 Å². The zero-order valence-corrected chi connectivity index (χ0v) is 11.3. The highest BCUT2D eigenvalue weighted by molar-refractivity contribution is 6.08. The first-order chi connectivity index (χ1) is 10.7. The van der Waals surface area contributed by atoms with Crippen LogP contribution in [0, 0.1) is 45.3 Å². The van der Waals surface area contributed by atoms with Crippen LogP contribution in [-0.2, 0) is 0 Å². The summed E-state index contributed by atoms with van der Waals surface area (Å²) in [5.74, 6) is 0. The number of nitrogens with zero attached hydrogens (tertiary/aromatic N) is 6. The SMILES string of the molecule is N#CC(C#N)=C1C2=CCCC=C2c2nc(C#N)c(C#N)nc21. The van der Waals surface area contributed by atoms with E-state index >= 15 is 0 Å². The molecule has 1 aromatic rings. The van der Waals surface area contributed by atoms with Crippen LogP contribution in [-0.4, -0.2) is 9.97 Å². The third kappa shape index (κ3) is 1.70. The van der Waals surface area contributed by atoms with Gasteiger partial charge in [-0.1, -0.05) is 12.2 Å². The van der Waals surface area contributed by atoms with E-state index in [2.05, 4.69) is 9.97 Å². The topological polar surface area (TPSA) is 121 Å². The second-order valence-corrected chi connectivity index (χ2v) is 4.63. The molecule has 100 valence electrons. The second kappa shape index (κ2) is 4.98. The molecule has 0 N–H and O–H groups in total. The standard InChI is InChI=1S/C16H6N6/c17-5-9(6-18)14-10-3-1-2-4-11(10)15-16(14)22-13(8-20)12(7-19)21-15/h3-4H,1-2H2. The summed E-state index contributed by atoms with van der Waals surface area (Å²) in [6.45, 7) is 0. The van der Waals surface area contributed by atoms with Gasteiger partial charge in [0, 0.05) is 11.1 Å². The molecule has 3 rings (SSSR count). The maximum atomic E-state index is 9.19. The van der Waals surface area contributed by atoms with Gasteiger partial charge >= 0.3 is 0 Å². The van der Waals surface area contributed by atoms with Crippen LogP contribution in [0.2, 0.25) is 0 Å². The fourth-order valence-corrected chi connectivity index (χ4v) is 2.61. The van der Waals surface area contributed by atoms with Crippen molar-refractivity contribution in [2.45, 2.75) is 12.8 Å². The Morgan fingerprint density at radius 3 is 1.91 bits per heavy atom. The van der Waals surface area contributed by atoms with E-state index in [0.717, 1.165) is 24.0 Å². The zero-order valence-electron chi connectivity index (χ0n) is 11.3. The number of nitriles is 4. The Labute approximate surface area is 126 Å². The molecule has 6 nitrogen and oxygen atoms in total. The first-order valence-electron chi connectivity index (χ1n) is 6.43. The van der Waals surface area contributed by atoms with Gasteiger partial charge in [0.05, 0.1) is 5.69 Å². The van der Waals surface area contributed by atoms with E-state index in [1.807, 2.05) is 36.4 Å². The molecule has 2 aliphatic carbocycles.